The standard InChI is InChI=1S/C42H24OS/c1-2-10-25(11-3-1)40-29-13-4-6-15-31(29)41(32-16-7-5-14-30(32)40)27-19-21-37-35(23-27)36-22-26-18-20-33-28-12-8-9-17-39(28)44-42(33)34(26)24-38(36)43-37/h1-24H. The van der Waals surface area contributed by atoms with E-state index in [2.05, 4.69) is 146 Å². The lowest BCUT2D eigenvalue weighted by Crippen LogP contribution is -1.90. The van der Waals surface area contributed by atoms with Gasteiger partial charge in [-0.1, -0.05) is 115 Å². The van der Waals surface area contributed by atoms with Crippen molar-refractivity contribution in [3.05, 3.63) is 146 Å². The van der Waals surface area contributed by atoms with Crippen molar-refractivity contribution >= 4 is 85.8 Å². The summed E-state index contributed by atoms with van der Waals surface area (Å²) in [4.78, 5) is 0. The molecule has 0 aliphatic carbocycles. The molecule has 44 heavy (non-hydrogen) atoms. The number of rotatable bonds is 2. The van der Waals surface area contributed by atoms with Gasteiger partial charge < -0.3 is 4.42 Å². The first-order valence-corrected chi connectivity index (χ1v) is 15.8. The Hall–Kier alpha value is -5.44. The van der Waals surface area contributed by atoms with E-state index < -0.39 is 0 Å². The highest BCUT2D eigenvalue weighted by Gasteiger charge is 2.18. The minimum Gasteiger partial charge on any atom is -0.456 e. The molecular weight excluding hydrogens is 553 g/mol. The summed E-state index contributed by atoms with van der Waals surface area (Å²) in [6, 6.07) is 53.0. The molecule has 0 saturated heterocycles. The molecular formula is C42H24OS. The number of thiophene rings is 1. The number of benzene rings is 8. The second-order valence-corrected chi connectivity index (χ2v) is 12.7. The highest BCUT2D eigenvalue weighted by Crippen LogP contribution is 2.45. The maximum atomic E-state index is 6.53. The van der Waals surface area contributed by atoms with E-state index >= 15 is 0 Å². The lowest BCUT2D eigenvalue weighted by atomic mass is 9.86. The van der Waals surface area contributed by atoms with Gasteiger partial charge in [0.25, 0.3) is 0 Å². The fourth-order valence-corrected chi connectivity index (χ4v) is 8.52. The van der Waals surface area contributed by atoms with Gasteiger partial charge in [-0.2, -0.15) is 0 Å². The minimum absolute atomic E-state index is 0.918. The van der Waals surface area contributed by atoms with Crippen LogP contribution in [0, 0.1) is 0 Å². The van der Waals surface area contributed by atoms with Gasteiger partial charge in [0.2, 0.25) is 0 Å². The molecule has 0 spiro atoms. The Balaban J connectivity index is 1.25. The van der Waals surface area contributed by atoms with Crippen molar-refractivity contribution in [1.29, 1.82) is 0 Å². The molecule has 8 aromatic carbocycles. The smallest absolute Gasteiger partial charge is 0.136 e. The molecule has 0 N–H and O–H groups in total. The van der Waals surface area contributed by atoms with Crippen LogP contribution >= 0.6 is 11.3 Å². The van der Waals surface area contributed by atoms with Gasteiger partial charge in [0.05, 0.1) is 0 Å². The molecule has 10 rings (SSSR count). The number of hydrogen-bond acceptors (Lipinski definition) is 2. The van der Waals surface area contributed by atoms with Crippen LogP contribution in [0.5, 0.6) is 0 Å². The molecule has 0 atom stereocenters. The average Bonchev–Trinajstić information content (AvgIpc) is 3.64. The Bertz CT molecular complexity index is 2710. The molecule has 0 aliphatic rings. The van der Waals surface area contributed by atoms with Crippen molar-refractivity contribution in [3.63, 3.8) is 0 Å². The van der Waals surface area contributed by atoms with Crippen LogP contribution in [0.4, 0.5) is 0 Å². The summed E-state index contributed by atoms with van der Waals surface area (Å²) in [5.74, 6) is 0. The summed E-state index contributed by atoms with van der Waals surface area (Å²) in [6.45, 7) is 0. The SMILES string of the molecule is c1ccc(-c2c3ccccc3c(-c3ccc4oc5cc6c(ccc7c8ccccc8sc67)cc5c4c3)c3ccccc23)cc1. The summed E-state index contributed by atoms with van der Waals surface area (Å²) in [7, 11) is 0. The van der Waals surface area contributed by atoms with Gasteiger partial charge in [-0.3, -0.25) is 0 Å². The average molecular weight is 577 g/mol. The zero-order valence-electron chi connectivity index (χ0n) is 23.7. The van der Waals surface area contributed by atoms with Crippen LogP contribution in [0.1, 0.15) is 0 Å². The fraction of sp³-hybridized carbons (Fsp3) is 0. The summed E-state index contributed by atoms with van der Waals surface area (Å²) in [5.41, 5.74) is 6.84. The first-order valence-electron chi connectivity index (χ1n) is 15.0. The lowest BCUT2D eigenvalue weighted by molar-refractivity contribution is 0.669. The molecule has 0 saturated carbocycles. The van der Waals surface area contributed by atoms with Crippen molar-refractivity contribution in [2.45, 2.75) is 0 Å². The summed E-state index contributed by atoms with van der Waals surface area (Å²) >= 11 is 1.87. The van der Waals surface area contributed by atoms with E-state index in [1.807, 2.05) is 11.3 Å². The van der Waals surface area contributed by atoms with Gasteiger partial charge in [-0.25, -0.2) is 0 Å². The quantitative estimate of drug-likeness (QED) is 0.187. The predicted octanol–water partition coefficient (Wildman–Crippen LogP) is 12.7. The number of hydrogen-bond donors (Lipinski definition) is 0. The Morgan fingerprint density at radius 3 is 1.70 bits per heavy atom. The van der Waals surface area contributed by atoms with Crippen molar-refractivity contribution < 1.29 is 4.42 Å². The first-order chi connectivity index (χ1) is 21.8. The van der Waals surface area contributed by atoms with Crippen LogP contribution in [0.2, 0.25) is 0 Å². The van der Waals surface area contributed by atoms with Gasteiger partial charge in [-0.15, -0.1) is 11.3 Å². The first kappa shape index (κ1) is 24.0. The molecule has 204 valence electrons. The van der Waals surface area contributed by atoms with Gasteiger partial charge in [0, 0.05) is 36.3 Å². The van der Waals surface area contributed by atoms with E-state index in [4.69, 9.17) is 4.42 Å². The third-order valence-electron chi connectivity index (χ3n) is 9.23. The van der Waals surface area contributed by atoms with Crippen molar-refractivity contribution in [1.82, 2.24) is 0 Å². The van der Waals surface area contributed by atoms with E-state index in [1.54, 1.807) is 0 Å². The molecule has 2 aromatic heterocycles. The number of fused-ring (bicyclic) bond motifs is 10. The summed E-state index contributed by atoms with van der Waals surface area (Å²) in [5, 5.41) is 12.5. The van der Waals surface area contributed by atoms with Gasteiger partial charge >= 0.3 is 0 Å². The second-order valence-electron chi connectivity index (χ2n) is 11.6. The van der Waals surface area contributed by atoms with Gasteiger partial charge in [-0.05, 0) is 79.5 Å². The molecule has 0 bridgehead atoms. The van der Waals surface area contributed by atoms with Crippen molar-refractivity contribution in [3.8, 4) is 22.3 Å². The van der Waals surface area contributed by atoms with E-state index in [0.29, 0.717) is 0 Å². The van der Waals surface area contributed by atoms with Crippen LogP contribution in [0.3, 0.4) is 0 Å². The van der Waals surface area contributed by atoms with Gasteiger partial charge in [0.15, 0.2) is 0 Å². The van der Waals surface area contributed by atoms with Crippen LogP contribution < -0.4 is 0 Å². The fourth-order valence-electron chi connectivity index (χ4n) is 7.29. The maximum absolute atomic E-state index is 6.53. The molecule has 0 radical (unpaired) electrons. The molecule has 10 aromatic rings. The zero-order chi connectivity index (χ0) is 28.8. The van der Waals surface area contributed by atoms with Crippen molar-refractivity contribution in [2.75, 3.05) is 0 Å². The van der Waals surface area contributed by atoms with Gasteiger partial charge in [0.1, 0.15) is 11.2 Å². The third kappa shape index (κ3) is 3.35. The molecule has 2 heteroatoms. The Morgan fingerprint density at radius 2 is 0.977 bits per heavy atom. The Labute approximate surface area is 257 Å². The van der Waals surface area contributed by atoms with E-state index in [9.17, 15) is 0 Å². The Kier molecular flexibility index (Phi) is 4.94. The summed E-state index contributed by atoms with van der Waals surface area (Å²) in [6.07, 6.45) is 0. The highest BCUT2D eigenvalue weighted by atomic mass is 32.1. The largest absolute Gasteiger partial charge is 0.456 e. The number of furan rings is 1. The molecule has 0 fully saturated rings. The predicted molar refractivity (Wildman–Crippen MR) is 190 cm³/mol. The third-order valence-corrected chi connectivity index (χ3v) is 10.5. The second kappa shape index (κ2) is 9.03. The molecule has 1 nitrogen and oxygen atoms in total. The molecule has 2 heterocycles. The van der Waals surface area contributed by atoms with E-state index in [1.165, 1.54) is 74.7 Å². The highest BCUT2D eigenvalue weighted by molar-refractivity contribution is 7.26. The normalized spacial score (nSPS) is 12.1. The van der Waals surface area contributed by atoms with Crippen molar-refractivity contribution in [2.24, 2.45) is 0 Å². The van der Waals surface area contributed by atoms with Crippen LogP contribution in [0.15, 0.2) is 150 Å². The molecule has 0 aliphatic heterocycles. The lowest BCUT2D eigenvalue weighted by Gasteiger charge is -2.17. The topological polar surface area (TPSA) is 13.1 Å². The Morgan fingerprint density at radius 1 is 0.364 bits per heavy atom. The monoisotopic (exact) mass is 576 g/mol. The van der Waals surface area contributed by atoms with E-state index in [-0.39, 0.29) is 0 Å². The summed E-state index contributed by atoms with van der Waals surface area (Å²) < 4.78 is 9.17. The zero-order valence-corrected chi connectivity index (χ0v) is 24.5. The van der Waals surface area contributed by atoms with Crippen LogP contribution in [-0.2, 0) is 0 Å². The molecule has 0 unspecified atom stereocenters. The van der Waals surface area contributed by atoms with Crippen LogP contribution in [-0.4, -0.2) is 0 Å². The minimum atomic E-state index is 0.918. The van der Waals surface area contributed by atoms with Crippen LogP contribution in [0.25, 0.3) is 96.7 Å². The maximum Gasteiger partial charge on any atom is 0.136 e. The molecule has 0 amide bonds. The van der Waals surface area contributed by atoms with E-state index in [0.717, 1.165) is 21.9 Å².